The maximum atomic E-state index is 12.0. The van der Waals surface area contributed by atoms with Crippen molar-refractivity contribution in [3.05, 3.63) is 47.5 Å². The highest BCUT2D eigenvalue weighted by Crippen LogP contribution is 2.48. The van der Waals surface area contributed by atoms with Gasteiger partial charge in [0, 0.05) is 60.9 Å². The molecule has 6 heteroatoms. The number of ether oxygens (including phenoxy) is 1. The summed E-state index contributed by atoms with van der Waals surface area (Å²) in [5, 5.41) is 11.1. The molecular formula is C37H53N3O3. The van der Waals surface area contributed by atoms with Crippen molar-refractivity contribution < 1.29 is 14.6 Å². The molecule has 3 aliphatic rings. The number of benzene rings is 2. The van der Waals surface area contributed by atoms with E-state index in [4.69, 9.17) is 4.74 Å². The van der Waals surface area contributed by atoms with E-state index < -0.39 is 5.97 Å². The fraction of sp³-hybridized carbons (Fsp3) is 0.595. The molecule has 6 nitrogen and oxygen atoms in total. The number of carboxylic acids is 1. The van der Waals surface area contributed by atoms with Crippen molar-refractivity contribution in [2.75, 3.05) is 44.2 Å². The largest absolute Gasteiger partial charge is 0.493 e. The topological polar surface area (TPSA) is 57.9 Å². The monoisotopic (exact) mass is 587 g/mol. The smallest absolute Gasteiger partial charge is 0.335 e. The van der Waals surface area contributed by atoms with Crippen LogP contribution < -0.4 is 9.64 Å². The number of rotatable bonds is 9. The highest BCUT2D eigenvalue weighted by Gasteiger charge is 2.31. The van der Waals surface area contributed by atoms with Crippen LogP contribution in [0.5, 0.6) is 5.75 Å². The van der Waals surface area contributed by atoms with Gasteiger partial charge >= 0.3 is 5.97 Å². The van der Waals surface area contributed by atoms with E-state index in [0.717, 1.165) is 43.4 Å². The Morgan fingerprint density at radius 2 is 1.79 bits per heavy atom. The number of likely N-dealkylation sites (tertiary alicyclic amines) is 1. The third kappa shape index (κ3) is 6.60. The van der Waals surface area contributed by atoms with Crippen LogP contribution in [0.3, 0.4) is 0 Å². The zero-order chi connectivity index (χ0) is 29.2. The number of aromatic carboxylic acids is 1. The van der Waals surface area contributed by atoms with Crippen LogP contribution in [0.1, 0.15) is 101 Å². The molecule has 1 saturated carbocycles. The summed E-state index contributed by atoms with van der Waals surface area (Å²) in [6, 6.07) is 12.5. The van der Waals surface area contributed by atoms with Gasteiger partial charge in [-0.05, 0) is 79.8 Å². The molecule has 1 saturated heterocycles. The summed E-state index contributed by atoms with van der Waals surface area (Å²) < 4.78 is 8.72. The van der Waals surface area contributed by atoms with Crippen LogP contribution >= 0.6 is 0 Å². The Hall–Kier alpha value is -2.99. The van der Waals surface area contributed by atoms with Gasteiger partial charge < -0.3 is 24.2 Å². The van der Waals surface area contributed by atoms with E-state index >= 15 is 0 Å². The van der Waals surface area contributed by atoms with Gasteiger partial charge in [-0.3, -0.25) is 0 Å². The Labute approximate surface area is 259 Å². The molecule has 234 valence electrons. The summed E-state index contributed by atoms with van der Waals surface area (Å²) in [6.07, 6.45) is 10.2. The van der Waals surface area contributed by atoms with Crippen LogP contribution in [0.25, 0.3) is 22.2 Å². The van der Waals surface area contributed by atoms with E-state index in [1.54, 1.807) is 6.07 Å². The van der Waals surface area contributed by atoms with E-state index in [1.807, 2.05) is 6.07 Å². The minimum Gasteiger partial charge on any atom is -0.493 e. The molecule has 2 aromatic carbocycles. The van der Waals surface area contributed by atoms with Gasteiger partial charge in [0.05, 0.1) is 17.9 Å². The predicted octanol–water partition coefficient (Wildman–Crippen LogP) is 8.67. The first-order chi connectivity index (χ1) is 20.4. The number of hydrogen-bond donors (Lipinski definition) is 1. The minimum absolute atomic E-state index is 0. The highest BCUT2D eigenvalue weighted by molar-refractivity contribution is 5.99. The molecule has 0 amide bonds. The summed E-state index contributed by atoms with van der Waals surface area (Å²) >= 11 is 0. The molecule has 3 heterocycles. The van der Waals surface area contributed by atoms with Crippen LogP contribution in [-0.4, -0.2) is 59.9 Å². The van der Waals surface area contributed by atoms with Crippen LogP contribution in [0.4, 0.5) is 5.69 Å². The number of nitrogens with zero attached hydrogens (tertiary/aromatic N) is 3. The second-order valence-electron chi connectivity index (χ2n) is 13.4. The van der Waals surface area contributed by atoms with Crippen LogP contribution in [-0.2, 0) is 6.54 Å². The predicted molar refractivity (Wildman–Crippen MR) is 179 cm³/mol. The second-order valence-corrected chi connectivity index (χ2v) is 13.4. The zero-order valence-corrected chi connectivity index (χ0v) is 25.9. The average Bonchev–Trinajstić information content (AvgIpc) is 3.24. The lowest BCUT2D eigenvalue weighted by molar-refractivity contribution is 0.0697. The van der Waals surface area contributed by atoms with Gasteiger partial charge in [-0.25, -0.2) is 4.79 Å². The van der Waals surface area contributed by atoms with Gasteiger partial charge in [0.15, 0.2) is 0 Å². The number of carboxylic acid groups (broad SMARTS) is 1. The molecule has 0 spiro atoms. The molecule has 0 radical (unpaired) electrons. The molecule has 1 atom stereocenters. The standard InChI is InChI=1S/C36H49N3O3.CH4/c1-4-26-9-8-16-37(23-26)17-18-38-19-20-39-33-21-28(36(40)41)12-14-30(33)34(27-10-6-5-7-11-27)35(39)31-15-13-29(22-32(31)38)42-24-25(2)3;/h12-15,21-22,25-27H,4-11,16-20,23-24H2,1-3H3,(H,40,41);1H4. The van der Waals surface area contributed by atoms with Gasteiger partial charge in [0.1, 0.15) is 5.75 Å². The molecule has 0 bridgehead atoms. The Kier molecular flexibility index (Phi) is 10.1. The Morgan fingerprint density at radius 3 is 2.53 bits per heavy atom. The molecule has 1 aliphatic carbocycles. The van der Waals surface area contributed by atoms with Gasteiger partial charge in [0.2, 0.25) is 0 Å². The van der Waals surface area contributed by atoms with Crippen molar-refractivity contribution in [2.45, 2.75) is 92.0 Å². The number of piperidine rings is 1. The molecular weight excluding hydrogens is 534 g/mol. The van der Waals surface area contributed by atoms with Crippen molar-refractivity contribution >= 4 is 22.6 Å². The normalized spacial score (nSPS) is 19.5. The Bertz CT molecular complexity index is 1400. The molecule has 2 aliphatic heterocycles. The number of hydrogen-bond acceptors (Lipinski definition) is 4. The summed E-state index contributed by atoms with van der Waals surface area (Å²) in [7, 11) is 0. The molecule has 3 aromatic rings. The maximum Gasteiger partial charge on any atom is 0.335 e. The highest BCUT2D eigenvalue weighted by atomic mass is 16.5. The Balaban J connectivity index is 0.00000368. The second kappa shape index (κ2) is 13.8. The number of anilines is 1. The van der Waals surface area contributed by atoms with Crippen LogP contribution in [0, 0.1) is 11.8 Å². The molecule has 43 heavy (non-hydrogen) atoms. The van der Waals surface area contributed by atoms with Crippen molar-refractivity contribution in [1.29, 1.82) is 0 Å². The first-order valence-corrected chi connectivity index (χ1v) is 16.6. The van der Waals surface area contributed by atoms with Gasteiger partial charge in [-0.15, -0.1) is 0 Å². The molecule has 1 aromatic heterocycles. The lowest BCUT2D eigenvalue weighted by Gasteiger charge is -2.34. The molecule has 2 fully saturated rings. The van der Waals surface area contributed by atoms with Crippen molar-refractivity contribution in [1.82, 2.24) is 9.47 Å². The first kappa shape index (κ1) is 31.4. The summed E-state index contributed by atoms with van der Waals surface area (Å²) in [5.74, 6) is 1.87. The molecule has 1 unspecified atom stereocenters. The van der Waals surface area contributed by atoms with E-state index in [0.29, 0.717) is 24.0 Å². The van der Waals surface area contributed by atoms with E-state index in [2.05, 4.69) is 59.4 Å². The average molecular weight is 588 g/mol. The molecule has 6 rings (SSSR count). The fourth-order valence-corrected chi connectivity index (χ4v) is 7.69. The van der Waals surface area contributed by atoms with E-state index in [9.17, 15) is 9.90 Å². The third-order valence-corrected chi connectivity index (χ3v) is 9.97. The SMILES string of the molecule is C.CCC1CCCN(CCN2CCn3c(c(C4CCCCC4)c4ccc(C(=O)O)cc43)-c3ccc(OCC(C)C)cc32)C1. The minimum atomic E-state index is -0.860. The van der Waals surface area contributed by atoms with Gasteiger partial charge in [0.25, 0.3) is 0 Å². The first-order valence-electron chi connectivity index (χ1n) is 16.6. The van der Waals surface area contributed by atoms with Crippen molar-refractivity contribution in [2.24, 2.45) is 11.8 Å². The van der Waals surface area contributed by atoms with Gasteiger partial charge in [-0.2, -0.15) is 0 Å². The fourth-order valence-electron chi connectivity index (χ4n) is 7.69. The number of carbonyl (C=O) groups is 1. The Morgan fingerprint density at radius 1 is 0.977 bits per heavy atom. The maximum absolute atomic E-state index is 12.0. The lowest BCUT2D eigenvalue weighted by Crippen LogP contribution is -2.41. The summed E-state index contributed by atoms with van der Waals surface area (Å²) in [6.45, 7) is 13.6. The van der Waals surface area contributed by atoms with Gasteiger partial charge in [-0.1, -0.05) is 59.9 Å². The van der Waals surface area contributed by atoms with E-state index in [-0.39, 0.29) is 7.43 Å². The molecule has 1 N–H and O–H groups in total. The summed E-state index contributed by atoms with van der Waals surface area (Å²) in [5.41, 5.74) is 6.70. The summed E-state index contributed by atoms with van der Waals surface area (Å²) in [4.78, 5) is 17.3. The van der Waals surface area contributed by atoms with E-state index in [1.165, 1.54) is 92.4 Å². The van der Waals surface area contributed by atoms with Crippen LogP contribution in [0.15, 0.2) is 36.4 Å². The zero-order valence-electron chi connectivity index (χ0n) is 25.9. The number of aromatic nitrogens is 1. The van der Waals surface area contributed by atoms with Crippen molar-refractivity contribution in [3.63, 3.8) is 0 Å². The number of fused-ring (bicyclic) bond motifs is 5. The third-order valence-electron chi connectivity index (χ3n) is 9.97. The van der Waals surface area contributed by atoms with Crippen LogP contribution in [0.2, 0.25) is 0 Å². The van der Waals surface area contributed by atoms with Crippen molar-refractivity contribution in [3.8, 4) is 17.0 Å². The lowest BCUT2D eigenvalue weighted by atomic mass is 9.81. The quantitative estimate of drug-likeness (QED) is 0.271.